The predicted octanol–water partition coefficient (Wildman–Crippen LogP) is 4.99. The fourth-order valence-corrected chi connectivity index (χ4v) is 5.74. The number of thiophene rings is 1. The molecule has 1 aliphatic heterocycles. The van der Waals surface area contributed by atoms with Gasteiger partial charge in [-0.05, 0) is 63.3 Å². The van der Waals surface area contributed by atoms with E-state index in [4.69, 9.17) is 5.73 Å². The number of pyridine rings is 1. The first kappa shape index (κ1) is 20.1. The quantitative estimate of drug-likeness (QED) is 0.639. The number of likely N-dealkylation sites (tertiary alicyclic amines) is 1. The molecular weight excluding hydrogens is 380 g/mol. The minimum Gasteiger partial charge on any atom is -0.354 e. The van der Waals surface area contributed by atoms with Crippen molar-refractivity contribution in [2.24, 2.45) is 5.73 Å². The van der Waals surface area contributed by atoms with Gasteiger partial charge >= 0.3 is 0 Å². The van der Waals surface area contributed by atoms with Crippen LogP contribution in [-0.4, -0.2) is 39.4 Å². The van der Waals surface area contributed by atoms with Crippen molar-refractivity contribution in [3.05, 3.63) is 40.0 Å². The highest BCUT2D eigenvalue weighted by molar-refractivity contribution is 7.21. The van der Waals surface area contributed by atoms with E-state index in [0.717, 1.165) is 52.4 Å². The molecule has 1 fully saturated rings. The summed E-state index contributed by atoms with van der Waals surface area (Å²) in [5.41, 5.74) is 12.7. The highest BCUT2D eigenvalue weighted by Gasteiger charge is 2.31. The first-order valence-electron chi connectivity index (χ1n) is 10.3. The molecule has 1 amide bonds. The van der Waals surface area contributed by atoms with E-state index in [2.05, 4.69) is 35.9 Å². The van der Waals surface area contributed by atoms with Crippen LogP contribution in [0.5, 0.6) is 0 Å². The van der Waals surface area contributed by atoms with Gasteiger partial charge in [0.1, 0.15) is 0 Å². The van der Waals surface area contributed by atoms with Crippen molar-refractivity contribution in [3.63, 3.8) is 0 Å². The highest BCUT2D eigenvalue weighted by Crippen LogP contribution is 2.40. The third-order valence-electron chi connectivity index (χ3n) is 5.68. The van der Waals surface area contributed by atoms with E-state index in [0.29, 0.717) is 12.5 Å². The summed E-state index contributed by atoms with van der Waals surface area (Å²) in [5, 5.41) is 0. The standard InChI is InChI=1S/C23H30N4OS/c1-13(2)19-20(16-9-14(3)25-15(4)10-16)26-17-11-18(29-21(17)19)22(28)27-8-6-7-23(5,24)12-27/h9-11,13,26H,6-8,12,24H2,1-5H3. The van der Waals surface area contributed by atoms with Gasteiger partial charge in [0.25, 0.3) is 5.91 Å². The lowest BCUT2D eigenvalue weighted by atomic mass is 9.92. The maximum absolute atomic E-state index is 13.1. The fraction of sp³-hybridized carbons (Fsp3) is 0.478. The van der Waals surface area contributed by atoms with Gasteiger partial charge in [0.15, 0.2) is 0 Å². The molecule has 3 aromatic heterocycles. The highest BCUT2D eigenvalue weighted by atomic mass is 32.1. The van der Waals surface area contributed by atoms with Crippen LogP contribution in [0.15, 0.2) is 18.2 Å². The molecule has 5 nitrogen and oxygen atoms in total. The summed E-state index contributed by atoms with van der Waals surface area (Å²) in [5.74, 6) is 0.444. The first-order chi connectivity index (χ1) is 13.6. The number of carbonyl (C=O) groups excluding carboxylic acids is 1. The van der Waals surface area contributed by atoms with Crippen LogP contribution in [0.1, 0.15) is 66.2 Å². The lowest BCUT2D eigenvalue weighted by molar-refractivity contribution is 0.0662. The maximum Gasteiger partial charge on any atom is 0.264 e. The molecule has 1 aliphatic rings. The third-order valence-corrected chi connectivity index (χ3v) is 6.84. The van der Waals surface area contributed by atoms with Gasteiger partial charge in [-0.3, -0.25) is 9.78 Å². The number of H-pyrrole nitrogens is 1. The molecule has 1 unspecified atom stereocenters. The summed E-state index contributed by atoms with van der Waals surface area (Å²) in [6, 6.07) is 6.26. The number of fused-ring (bicyclic) bond motifs is 1. The van der Waals surface area contributed by atoms with E-state index in [1.54, 1.807) is 11.3 Å². The van der Waals surface area contributed by atoms with Crippen LogP contribution in [0, 0.1) is 13.8 Å². The Morgan fingerprint density at radius 1 is 1.28 bits per heavy atom. The van der Waals surface area contributed by atoms with Crippen LogP contribution < -0.4 is 5.73 Å². The van der Waals surface area contributed by atoms with E-state index in [1.807, 2.05) is 31.7 Å². The Labute approximate surface area is 176 Å². The Bertz CT molecular complexity index is 1060. The molecular formula is C23H30N4OS. The predicted molar refractivity (Wildman–Crippen MR) is 121 cm³/mol. The molecule has 6 heteroatoms. The molecule has 1 saturated heterocycles. The van der Waals surface area contributed by atoms with Crippen LogP contribution in [-0.2, 0) is 0 Å². The maximum atomic E-state index is 13.1. The van der Waals surface area contributed by atoms with Crippen LogP contribution in [0.3, 0.4) is 0 Å². The number of piperidine rings is 1. The van der Waals surface area contributed by atoms with Crippen LogP contribution in [0.2, 0.25) is 0 Å². The molecule has 29 heavy (non-hydrogen) atoms. The summed E-state index contributed by atoms with van der Waals surface area (Å²) in [6.45, 7) is 11.9. The molecule has 0 aromatic carbocycles. The second-order valence-electron chi connectivity index (χ2n) is 9.04. The molecule has 1 atom stereocenters. The van der Waals surface area contributed by atoms with E-state index in [-0.39, 0.29) is 11.4 Å². The molecule has 154 valence electrons. The minimum absolute atomic E-state index is 0.0998. The minimum atomic E-state index is -0.292. The van der Waals surface area contributed by atoms with Crippen LogP contribution >= 0.6 is 11.3 Å². The SMILES string of the molecule is Cc1cc(-c2[nH]c3cc(C(=O)N4CCCC(C)(N)C4)sc3c2C(C)C)cc(C)n1. The first-order valence-corrected chi connectivity index (χ1v) is 11.2. The van der Waals surface area contributed by atoms with Crippen LogP contribution in [0.4, 0.5) is 0 Å². The van der Waals surface area contributed by atoms with Crippen molar-refractivity contribution in [2.75, 3.05) is 13.1 Å². The average Bonchev–Trinajstić information content (AvgIpc) is 3.16. The second kappa shape index (κ2) is 7.26. The summed E-state index contributed by atoms with van der Waals surface area (Å²) in [7, 11) is 0. The Morgan fingerprint density at radius 3 is 2.59 bits per heavy atom. The Morgan fingerprint density at radius 2 is 1.97 bits per heavy atom. The van der Waals surface area contributed by atoms with Gasteiger partial charge in [-0.2, -0.15) is 0 Å². The molecule has 3 aromatic rings. The number of aromatic nitrogens is 2. The van der Waals surface area contributed by atoms with Crippen LogP contribution in [0.25, 0.3) is 21.5 Å². The van der Waals surface area contributed by atoms with Gasteiger partial charge in [-0.15, -0.1) is 11.3 Å². The summed E-state index contributed by atoms with van der Waals surface area (Å²) in [4.78, 5) is 23.9. The lowest BCUT2D eigenvalue weighted by Gasteiger charge is -2.37. The molecule has 0 spiro atoms. The number of aromatic amines is 1. The second-order valence-corrected chi connectivity index (χ2v) is 10.1. The van der Waals surface area contributed by atoms with Gasteiger partial charge in [0.05, 0.1) is 20.8 Å². The van der Waals surface area contributed by atoms with Crippen molar-refractivity contribution < 1.29 is 4.79 Å². The number of nitrogens with one attached hydrogen (secondary N) is 1. The van der Waals surface area contributed by atoms with E-state index < -0.39 is 0 Å². The van der Waals surface area contributed by atoms with Gasteiger partial charge in [-0.25, -0.2) is 0 Å². The zero-order valence-corrected chi connectivity index (χ0v) is 18.7. The zero-order chi connectivity index (χ0) is 20.9. The van der Waals surface area contributed by atoms with Gasteiger partial charge in [0.2, 0.25) is 0 Å². The number of hydrogen-bond acceptors (Lipinski definition) is 4. The average molecular weight is 411 g/mol. The third kappa shape index (κ3) is 3.83. The fourth-order valence-electron chi connectivity index (χ4n) is 4.46. The zero-order valence-electron chi connectivity index (χ0n) is 17.9. The molecule has 0 bridgehead atoms. The Kier molecular flexibility index (Phi) is 5.03. The summed E-state index contributed by atoms with van der Waals surface area (Å²) in [6.07, 6.45) is 1.93. The number of carbonyl (C=O) groups is 1. The number of nitrogens with zero attached hydrogens (tertiary/aromatic N) is 2. The number of rotatable bonds is 3. The van der Waals surface area contributed by atoms with Gasteiger partial charge in [-0.1, -0.05) is 13.8 Å². The Balaban J connectivity index is 1.74. The van der Waals surface area contributed by atoms with Crippen molar-refractivity contribution in [3.8, 4) is 11.3 Å². The molecule has 3 N–H and O–H groups in total. The van der Waals surface area contributed by atoms with E-state index in [9.17, 15) is 4.79 Å². The molecule has 0 saturated carbocycles. The van der Waals surface area contributed by atoms with E-state index in [1.165, 1.54) is 10.3 Å². The van der Waals surface area contributed by atoms with Crippen molar-refractivity contribution >= 4 is 27.5 Å². The van der Waals surface area contributed by atoms with Crippen molar-refractivity contribution in [1.82, 2.24) is 14.9 Å². The van der Waals surface area contributed by atoms with Crippen molar-refractivity contribution in [1.29, 1.82) is 0 Å². The molecule has 4 rings (SSSR count). The molecule has 0 radical (unpaired) electrons. The smallest absolute Gasteiger partial charge is 0.264 e. The van der Waals surface area contributed by atoms with Crippen molar-refractivity contribution in [2.45, 2.75) is 58.9 Å². The Hall–Kier alpha value is -2.18. The lowest BCUT2D eigenvalue weighted by Crippen LogP contribution is -2.53. The number of nitrogens with two attached hydrogens (primary N) is 1. The van der Waals surface area contributed by atoms with Gasteiger partial charge < -0.3 is 15.6 Å². The number of aryl methyl sites for hydroxylation is 2. The van der Waals surface area contributed by atoms with Gasteiger partial charge in [0, 0.05) is 35.6 Å². The summed E-state index contributed by atoms with van der Waals surface area (Å²) < 4.78 is 1.18. The topological polar surface area (TPSA) is 75.0 Å². The molecule has 4 heterocycles. The number of hydrogen-bond donors (Lipinski definition) is 2. The summed E-state index contributed by atoms with van der Waals surface area (Å²) >= 11 is 1.60. The van der Waals surface area contributed by atoms with E-state index >= 15 is 0 Å². The largest absolute Gasteiger partial charge is 0.354 e. The molecule has 0 aliphatic carbocycles. The number of amides is 1. The normalized spacial score (nSPS) is 20.0. The monoisotopic (exact) mass is 410 g/mol.